The first-order chi connectivity index (χ1) is 15.2. The Bertz CT molecular complexity index is 715. The summed E-state index contributed by atoms with van der Waals surface area (Å²) in [6.07, 6.45) is 13.3. The Morgan fingerprint density at radius 2 is 1.72 bits per heavy atom. The predicted octanol–water partition coefficient (Wildman–Crippen LogP) is 6.43. The van der Waals surface area contributed by atoms with Crippen molar-refractivity contribution in [2.45, 2.75) is 96.4 Å². The largest absolute Gasteiger partial charge is 0.356 e. The van der Waals surface area contributed by atoms with Gasteiger partial charge in [0.05, 0.1) is 0 Å². The zero-order valence-electron chi connectivity index (χ0n) is 20.5. The lowest BCUT2D eigenvalue weighted by Gasteiger charge is -2.57. The second-order valence-electron chi connectivity index (χ2n) is 12.1. The molecular formula is C28H45ClN2O. The highest BCUT2D eigenvalue weighted by molar-refractivity contribution is 6.17. The molecule has 3 N–H and O–H groups in total. The van der Waals surface area contributed by atoms with E-state index in [-0.39, 0.29) is 0 Å². The van der Waals surface area contributed by atoms with E-state index >= 15 is 0 Å². The van der Waals surface area contributed by atoms with Crippen LogP contribution in [0.5, 0.6) is 0 Å². The summed E-state index contributed by atoms with van der Waals surface area (Å²) in [6.45, 7) is 8.23. The van der Waals surface area contributed by atoms with Crippen molar-refractivity contribution in [2.75, 3.05) is 12.4 Å². The summed E-state index contributed by atoms with van der Waals surface area (Å²) in [5.41, 5.74) is 8.39. The first kappa shape index (κ1) is 25.6. The number of halogens is 1. The van der Waals surface area contributed by atoms with Crippen LogP contribution in [0.25, 0.3) is 0 Å². The van der Waals surface area contributed by atoms with Crippen LogP contribution in [-0.2, 0) is 10.2 Å². The number of benzene rings is 1. The third-order valence-electron chi connectivity index (χ3n) is 8.45. The number of alkyl halides is 1. The fourth-order valence-electron chi connectivity index (χ4n) is 7.52. The minimum atomic E-state index is 0.382. The number of nitrogens with two attached hydrogens (primary N) is 1. The topological polar surface area (TPSA) is 55.1 Å². The molecular weight excluding hydrogens is 416 g/mol. The molecule has 2 unspecified atom stereocenters. The second kappa shape index (κ2) is 10.9. The van der Waals surface area contributed by atoms with Gasteiger partial charge in [0.1, 0.15) is 0 Å². The van der Waals surface area contributed by atoms with Gasteiger partial charge in [0.15, 0.2) is 0 Å². The summed E-state index contributed by atoms with van der Waals surface area (Å²) in [5.74, 6) is 2.37. The first-order valence-electron chi connectivity index (χ1n) is 12.7. The molecule has 0 saturated heterocycles. The molecule has 0 aliphatic heterocycles. The van der Waals surface area contributed by atoms with Crippen LogP contribution in [-0.4, -0.2) is 24.9 Å². The highest BCUT2D eigenvalue weighted by Gasteiger charge is 2.52. The monoisotopic (exact) mass is 460 g/mol. The van der Waals surface area contributed by atoms with Crippen LogP contribution in [0.15, 0.2) is 30.3 Å². The minimum absolute atomic E-state index is 0.382. The van der Waals surface area contributed by atoms with Crippen molar-refractivity contribution in [1.29, 1.82) is 0 Å². The zero-order chi connectivity index (χ0) is 23.2. The van der Waals surface area contributed by atoms with Crippen LogP contribution in [0.4, 0.5) is 0 Å². The summed E-state index contributed by atoms with van der Waals surface area (Å²) >= 11 is 6.13. The lowest BCUT2D eigenvalue weighted by atomic mass is 9.47. The normalized spacial score (nSPS) is 35.8. The van der Waals surface area contributed by atoms with E-state index in [2.05, 4.69) is 56.4 Å². The summed E-state index contributed by atoms with van der Waals surface area (Å²) in [7, 11) is 0. The summed E-state index contributed by atoms with van der Waals surface area (Å²) in [6, 6.07) is 11.7. The highest BCUT2D eigenvalue weighted by Crippen LogP contribution is 2.61. The third-order valence-corrected chi connectivity index (χ3v) is 8.64. The van der Waals surface area contributed by atoms with Gasteiger partial charge in [-0.1, -0.05) is 51.1 Å². The van der Waals surface area contributed by atoms with Crippen molar-refractivity contribution in [3.05, 3.63) is 35.9 Å². The van der Waals surface area contributed by atoms with Gasteiger partial charge in [-0.15, -0.1) is 11.6 Å². The number of carbonyl (C=O) groups excluding carboxylic acids is 1. The number of rotatable bonds is 6. The van der Waals surface area contributed by atoms with Crippen LogP contribution < -0.4 is 11.1 Å². The molecule has 180 valence electrons. The quantitative estimate of drug-likeness (QED) is 0.379. The fourth-order valence-corrected chi connectivity index (χ4v) is 7.98. The molecule has 2 bridgehead atoms. The Kier molecular flexibility index (Phi) is 8.72. The number of carbonyl (C=O) groups is 1. The van der Waals surface area contributed by atoms with Gasteiger partial charge in [-0.25, -0.2) is 0 Å². The number of hydrogen-bond donors (Lipinski definition) is 2. The van der Waals surface area contributed by atoms with Gasteiger partial charge >= 0.3 is 0 Å². The van der Waals surface area contributed by atoms with Crippen molar-refractivity contribution >= 4 is 18.0 Å². The molecule has 3 aliphatic rings. The van der Waals surface area contributed by atoms with Gasteiger partial charge in [0.25, 0.3) is 0 Å². The van der Waals surface area contributed by atoms with Crippen LogP contribution in [0.3, 0.4) is 0 Å². The Morgan fingerprint density at radius 3 is 2.31 bits per heavy atom. The predicted molar refractivity (Wildman–Crippen MR) is 136 cm³/mol. The fraction of sp³-hybridized carbons (Fsp3) is 0.750. The maximum atomic E-state index is 10.1. The molecule has 4 heteroatoms. The number of fused-ring (bicyclic) bond motifs is 2. The molecule has 32 heavy (non-hydrogen) atoms. The van der Waals surface area contributed by atoms with E-state index in [9.17, 15) is 4.79 Å². The lowest BCUT2D eigenvalue weighted by molar-refractivity contribution is -0.110. The van der Waals surface area contributed by atoms with Gasteiger partial charge < -0.3 is 11.1 Å². The van der Waals surface area contributed by atoms with E-state index < -0.39 is 0 Å². The van der Waals surface area contributed by atoms with Gasteiger partial charge in [0.2, 0.25) is 6.41 Å². The van der Waals surface area contributed by atoms with Gasteiger partial charge in [0, 0.05) is 11.9 Å². The standard InChI is InChI=1S/C20H29Cl.C8H16N2O/c1-18(2)11-16-12-19(3,9-10-21)15-20(13-16,14-18)17-7-5-4-6-8-17;9-5-7-1-3-8(4-2-7)10-6-11/h4-8,16H,9-15H2,1-3H3;6-8H,1-5,9H2,(H,10,11)/t16?,19-,20?;/m0./s1. The maximum Gasteiger partial charge on any atom is 0.207 e. The average Bonchev–Trinajstić information content (AvgIpc) is 2.74. The summed E-state index contributed by atoms with van der Waals surface area (Å²) in [5, 5.41) is 2.81. The number of amides is 1. The second-order valence-corrected chi connectivity index (χ2v) is 12.5. The summed E-state index contributed by atoms with van der Waals surface area (Å²) < 4.78 is 0. The highest BCUT2D eigenvalue weighted by atomic mass is 35.5. The van der Waals surface area contributed by atoms with E-state index in [0.29, 0.717) is 28.2 Å². The van der Waals surface area contributed by atoms with E-state index in [1.807, 2.05) is 0 Å². The number of nitrogens with one attached hydrogen (secondary N) is 1. The smallest absolute Gasteiger partial charge is 0.207 e. The minimum Gasteiger partial charge on any atom is -0.356 e. The van der Waals surface area contributed by atoms with Crippen LogP contribution >= 0.6 is 11.6 Å². The Balaban J connectivity index is 0.000000222. The molecule has 0 radical (unpaired) electrons. The Morgan fingerprint density at radius 1 is 1.03 bits per heavy atom. The molecule has 3 fully saturated rings. The van der Waals surface area contributed by atoms with Crippen molar-refractivity contribution in [3.8, 4) is 0 Å². The molecule has 4 rings (SSSR count). The van der Waals surface area contributed by atoms with E-state index in [4.69, 9.17) is 17.3 Å². The summed E-state index contributed by atoms with van der Waals surface area (Å²) in [4.78, 5) is 10.1. The number of hydrogen-bond acceptors (Lipinski definition) is 2. The van der Waals surface area contributed by atoms with Gasteiger partial charge in [-0.3, -0.25) is 4.79 Å². The van der Waals surface area contributed by atoms with Gasteiger partial charge in [-0.2, -0.15) is 0 Å². The van der Waals surface area contributed by atoms with Crippen LogP contribution in [0.1, 0.15) is 90.5 Å². The molecule has 3 atom stereocenters. The molecule has 3 saturated carbocycles. The molecule has 0 spiro atoms. The van der Waals surface area contributed by atoms with E-state index in [1.54, 1.807) is 5.56 Å². The van der Waals surface area contributed by atoms with E-state index in [0.717, 1.165) is 37.6 Å². The Labute approximate surface area is 201 Å². The maximum absolute atomic E-state index is 10.1. The molecule has 0 aromatic heterocycles. The molecule has 3 nitrogen and oxygen atoms in total. The average molecular weight is 461 g/mol. The molecule has 1 aromatic rings. The van der Waals surface area contributed by atoms with Crippen molar-refractivity contribution < 1.29 is 4.79 Å². The first-order valence-corrected chi connectivity index (χ1v) is 13.3. The third kappa shape index (κ3) is 6.50. The molecule has 3 aliphatic carbocycles. The van der Waals surface area contributed by atoms with Crippen molar-refractivity contribution in [2.24, 2.45) is 28.4 Å². The van der Waals surface area contributed by atoms with Crippen molar-refractivity contribution in [3.63, 3.8) is 0 Å². The Hall–Kier alpha value is -1.06. The van der Waals surface area contributed by atoms with Crippen LogP contribution in [0, 0.1) is 22.7 Å². The molecule has 1 amide bonds. The molecule has 1 aromatic carbocycles. The van der Waals surface area contributed by atoms with Gasteiger partial charge in [-0.05, 0) is 104 Å². The zero-order valence-corrected chi connectivity index (χ0v) is 21.3. The lowest BCUT2D eigenvalue weighted by Crippen LogP contribution is -2.49. The SMILES string of the molecule is CC1(C)CC2CC(c3ccccc3)(C1)C[C@@](C)(CCCl)C2.NCC1CCC(NC=O)CC1. The van der Waals surface area contributed by atoms with E-state index in [1.165, 1.54) is 51.4 Å². The molecule has 0 heterocycles. The van der Waals surface area contributed by atoms with Crippen LogP contribution in [0.2, 0.25) is 0 Å². The van der Waals surface area contributed by atoms with Crippen molar-refractivity contribution in [1.82, 2.24) is 5.32 Å².